The van der Waals surface area contributed by atoms with E-state index in [4.69, 9.17) is 4.74 Å². The molecule has 5 rings (SSSR count). The molecule has 2 saturated heterocycles. The minimum absolute atomic E-state index is 0.0101. The van der Waals surface area contributed by atoms with Gasteiger partial charge in [0.05, 0.1) is 48.7 Å². The molecule has 3 aromatic rings. The number of esters is 1. The van der Waals surface area contributed by atoms with Crippen LogP contribution < -0.4 is 0 Å². The number of ether oxygens (including phenoxy) is 1. The minimum atomic E-state index is -0.661. The average molecular weight is 492 g/mol. The number of hydrogen-bond acceptors (Lipinski definition) is 9. The lowest BCUT2D eigenvalue weighted by Crippen LogP contribution is -2.54. The molecule has 11 heteroatoms. The van der Waals surface area contributed by atoms with Crippen molar-refractivity contribution >= 4 is 23.6 Å². The number of allylic oxidation sites excluding steroid dienone is 1. The SMILES string of the molecule is COC(=O)[C@H]1/C(=C/Cn2cc(CN(Cc3ccccn3)Cc3ccccn3)nn2)S[C@@H]2CC(=O)N21. The van der Waals surface area contributed by atoms with E-state index in [-0.39, 0.29) is 11.3 Å². The highest BCUT2D eigenvalue weighted by atomic mass is 32.2. The Kier molecular flexibility index (Phi) is 6.87. The number of fused-ring (bicyclic) bond motifs is 1. The molecule has 2 fully saturated rings. The van der Waals surface area contributed by atoms with E-state index in [0.717, 1.165) is 22.0 Å². The summed E-state index contributed by atoms with van der Waals surface area (Å²) in [5.41, 5.74) is 2.75. The van der Waals surface area contributed by atoms with Crippen LogP contribution in [0.1, 0.15) is 23.5 Å². The van der Waals surface area contributed by atoms with E-state index in [1.54, 1.807) is 22.0 Å². The van der Waals surface area contributed by atoms with Crippen molar-refractivity contribution in [3.05, 3.63) is 83.1 Å². The molecule has 0 unspecified atom stereocenters. The number of amides is 1. The van der Waals surface area contributed by atoms with Gasteiger partial charge in [-0.25, -0.2) is 9.48 Å². The first kappa shape index (κ1) is 23.2. The Balaban J connectivity index is 1.27. The fourth-order valence-electron chi connectivity index (χ4n) is 4.19. The molecular weight excluding hydrogens is 466 g/mol. The fraction of sp³-hybridized carbons (Fsp3) is 0.333. The molecule has 0 spiro atoms. The van der Waals surface area contributed by atoms with Gasteiger partial charge in [-0.15, -0.1) is 16.9 Å². The zero-order chi connectivity index (χ0) is 24.2. The third-order valence-corrected chi connectivity index (χ3v) is 7.19. The van der Waals surface area contributed by atoms with Crippen LogP contribution in [0.25, 0.3) is 0 Å². The number of rotatable bonds is 9. The number of carbonyl (C=O) groups is 2. The van der Waals surface area contributed by atoms with Crippen molar-refractivity contribution in [2.24, 2.45) is 0 Å². The smallest absolute Gasteiger partial charge is 0.333 e. The highest BCUT2D eigenvalue weighted by molar-refractivity contribution is 8.04. The zero-order valence-corrected chi connectivity index (χ0v) is 20.0. The van der Waals surface area contributed by atoms with E-state index in [1.807, 2.05) is 48.7 Å². The monoisotopic (exact) mass is 491 g/mol. The molecular formula is C24H25N7O3S. The van der Waals surface area contributed by atoms with Crippen LogP contribution in [0.15, 0.2) is 66.0 Å². The van der Waals surface area contributed by atoms with Gasteiger partial charge in [0.25, 0.3) is 0 Å². The molecule has 5 heterocycles. The Morgan fingerprint density at radius 1 is 1.11 bits per heavy atom. The fourth-order valence-corrected chi connectivity index (χ4v) is 5.59. The normalized spacial score (nSPS) is 20.2. The first-order valence-electron chi connectivity index (χ1n) is 11.3. The van der Waals surface area contributed by atoms with Gasteiger partial charge in [-0.2, -0.15) is 0 Å². The topological polar surface area (TPSA) is 106 Å². The van der Waals surface area contributed by atoms with E-state index in [2.05, 4.69) is 25.2 Å². The molecule has 0 N–H and O–H groups in total. The number of aromatic nitrogens is 5. The minimum Gasteiger partial charge on any atom is -0.467 e. The highest BCUT2D eigenvalue weighted by Gasteiger charge is 2.52. The maximum Gasteiger partial charge on any atom is 0.333 e. The van der Waals surface area contributed by atoms with Crippen LogP contribution in [0.4, 0.5) is 0 Å². The van der Waals surface area contributed by atoms with Crippen LogP contribution in [-0.4, -0.2) is 65.2 Å². The van der Waals surface area contributed by atoms with E-state index in [9.17, 15) is 9.59 Å². The van der Waals surface area contributed by atoms with Crippen molar-refractivity contribution in [1.29, 1.82) is 0 Å². The number of thioether (sulfide) groups is 1. The van der Waals surface area contributed by atoms with Gasteiger partial charge >= 0.3 is 5.97 Å². The summed E-state index contributed by atoms with van der Waals surface area (Å²) >= 11 is 1.54. The van der Waals surface area contributed by atoms with E-state index >= 15 is 0 Å². The van der Waals surface area contributed by atoms with Crippen molar-refractivity contribution in [3.63, 3.8) is 0 Å². The van der Waals surface area contributed by atoms with Gasteiger partial charge < -0.3 is 9.64 Å². The van der Waals surface area contributed by atoms with Gasteiger partial charge in [0.1, 0.15) is 0 Å². The quantitative estimate of drug-likeness (QED) is 0.328. The summed E-state index contributed by atoms with van der Waals surface area (Å²) in [5, 5.41) is 8.62. The third kappa shape index (κ3) is 5.25. The first-order chi connectivity index (χ1) is 17.1. The van der Waals surface area contributed by atoms with Crippen LogP contribution in [-0.2, 0) is 40.5 Å². The summed E-state index contributed by atoms with van der Waals surface area (Å²) in [7, 11) is 1.34. The lowest BCUT2D eigenvalue weighted by molar-refractivity contribution is -0.156. The Bertz CT molecular complexity index is 1180. The summed E-state index contributed by atoms with van der Waals surface area (Å²) in [4.78, 5) is 37.8. The Morgan fingerprint density at radius 2 is 1.80 bits per heavy atom. The second kappa shape index (κ2) is 10.4. The Morgan fingerprint density at radius 3 is 2.40 bits per heavy atom. The van der Waals surface area contributed by atoms with E-state index in [1.165, 1.54) is 18.9 Å². The standard InChI is InChI=1S/C24H25N7O3S/c1-34-24(33)23-20(35-22-12-21(32)31(22)23)8-11-30-16-19(27-28-30)15-29(13-17-6-2-4-9-25-17)14-18-7-3-5-10-26-18/h2-10,16,22-23H,11-15H2,1H3/b20-8-/t22-,23-/m1/s1. The van der Waals surface area contributed by atoms with Crippen LogP contribution in [0, 0.1) is 0 Å². The lowest BCUT2D eigenvalue weighted by Gasteiger charge is -2.35. The van der Waals surface area contributed by atoms with Gasteiger partial charge in [0.2, 0.25) is 5.91 Å². The molecule has 10 nitrogen and oxygen atoms in total. The van der Waals surface area contributed by atoms with E-state index in [0.29, 0.717) is 32.6 Å². The van der Waals surface area contributed by atoms with Crippen molar-refractivity contribution in [2.45, 2.75) is 44.0 Å². The summed E-state index contributed by atoms with van der Waals surface area (Å²) in [6.07, 6.45) is 7.85. The van der Waals surface area contributed by atoms with Crippen molar-refractivity contribution in [2.75, 3.05) is 7.11 Å². The molecule has 0 saturated carbocycles. The lowest BCUT2D eigenvalue weighted by atomic mass is 10.1. The molecule has 2 aliphatic heterocycles. The zero-order valence-electron chi connectivity index (χ0n) is 19.2. The van der Waals surface area contributed by atoms with Crippen molar-refractivity contribution in [3.8, 4) is 0 Å². The molecule has 3 aromatic heterocycles. The number of pyridine rings is 2. The number of methoxy groups -OCH3 is 1. The van der Waals surface area contributed by atoms with Crippen molar-refractivity contribution in [1.82, 2.24) is 34.8 Å². The number of nitrogens with zero attached hydrogens (tertiary/aromatic N) is 7. The van der Waals surface area contributed by atoms with Gasteiger partial charge in [0.15, 0.2) is 6.04 Å². The predicted molar refractivity (Wildman–Crippen MR) is 128 cm³/mol. The van der Waals surface area contributed by atoms with Gasteiger partial charge in [0, 0.05) is 36.9 Å². The first-order valence-corrected chi connectivity index (χ1v) is 12.2. The number of carbonyl (C=O) groups excluding carboxylic acids is 2. The number of β-lactam (4-membered cyclic amide) rings is 1. The van der Waals surface area contributed by atoms with Crippen LogP contribution in [0.5, 0.6) is 0 Å². The molecule has 0 radical (unpaired) electrons. The predicted octanol–water partition coefficient (Wildman–Crippen LogP) is 2.00. The molecule has 35 heavy (non-hydrogen) atoms. The molecule has 180 valence electrons. The summed E-state index contributed by atoms with van der Waals surface area (Å²) in [6, 6.07) is 11.1. The maximum absolute atomic E-state index is 12.3. The van der Waals surface area contributed by atoms with Crippen LogP contribution in [0.2, 0.25) is 0 Å². The Labute approximate surface area is 207 Å². The molecule has 0 aliphatic carbocycles. The van der Waals surface area contributed by atoms with Crippen molar-refractivity contribution < 1.29 is 14.3 Å². The Hall–Kier alpha value is -3.57. The second-order valence-corrected chi connectivity index (χ2v) is 9.58. The molecule has 2 aliphatic rings. The van der Waals surface area contributed by atoms with Crippen LogP contribution >= 0.6 is 11.8 Å². The molecule has 0 aromatic carbocycles. The van der Waals surface area contributed by atoms with Gasteiger partial charge in [-0.1, -0.05) is 23.4 Å². The van der Waals surface area contributed by atoms with Crippen LogP contribution in [0.3, 0.4) is 0 Å². The third-order valence-electron chi connectivity index (χ3n) is 5.87. The molecule has 2 atom stereocenters. The average Bonchev–Trinajstić information content (AvgIpc) is 3.44. The summed E-state index contributed by atoms with van der Waals surface area (Å²) < 4.78 is 6.66. The van der Waals surface area contributed by atoms with Gasteiger partial charge in [-0.3, -0.25) is 19.7 Å². The van der Waals surface area contributed by atoms with Gasteiger partial charge in [-0.05, 0) is 24.3 Å². The van der Waals surface area contributed by atoms with E-state index < -0.39 is 12.0 Å². The maximum atomic E-state index is 12.3. The summed E-state index contributed by atoms with van der Waals surface area (Å²) in [6.45, 7) is 2.32. The number of hydrogen-bond donors (Lipinski definition) is 0. The highest BCUT2D eigenvalue weighted by Crippen LogP contribution is 2.47. The molecule has 0 bridgehead atoms. The molecule has 1 amide bonds. The summed E-state index contributed by atoms with van der Waals surface area (Å²) in [5.74, 6) is -0.441. The largest absolute Gasteiger partial charge is 0.467 e. The second-order valence-electron chi connectivity index (χ2n) is 8.33.